The predicted molar refractivity (Wildman–Crippen MR) is 235 cm³/mol. The second-order valence-corrected chi connectivity index (χ2v) is 14.5. The third-order valence-electron chi connectivity index (χ3n) is 9.48. The first kappa shape index (κ1) is 55.4. The molecule has 0 atom stereocenters. The summed E-state index contributed by atoms with van der Waals surface area (Å²) in [5.41, 5.74) is 0. The predicted octanol–water partition coefficient (Wildman–Crippen LogP) is 6.25. The van der Waals surface area contributed by atoms with Gasteiger partial charge < -0.3 is 52.6 Å². The molecule has 0 aromatic heterocycles. The van der Waals surface area contributed by atoms with Crippen molar-refractivity contribution in [2.24, 2.45) is 0 Å². The SMILES string of the molecule is COc1ccc(OCCCN(CCCOCCCN(CCCOCCC#N)CCCOCCC#N)CCCOCCCN(CCCOCCC#N)CCCOCCC#N)cc1. The number of benzene rings is 1. The first-order valence-electron chi connectivity index (χ1n) is 22.5. The Bertz CT molecular complexity index is 1160. The number of hydrogen-bond acceptors (Lipinski definition) is 15. The second kappa shape index (κ2) is 44.5. The Balaban J connectivity index is 2.48. The molecule has 0 aliphatic rings. The van der Waals surface area contributed by atoms with E-state index in [-0.39, 0.29) is 0 Å². The lowest BCUT2D eigenvalue weighted by Gasteiger charge is -2.23. The normalized spacial score (nSPS) is 11.1. The van der Waals surface area contributed by atoms with E-state index in [1.807, 2.05) is 24.3 Å². The highest BCUT2D eigenvalue weighted by atomic mass is 16.5. The van der Waals surface area contributed by atoms with E-state index in [0.717, 1.165) is 128 Å². The highest BCUT2D eigenvalue weighted by Gasteiger charge is 2.09. The van der Waals surface area contributed by atoms with E-state index in [1.165, 1.54) is 0 Å². The minimum atomic E-state index is 0.419. The second-order valence-electron chi connectivity index (χ2n) is 14.5. The van der Waals surface area contributed by atoms with Crippen LogP contribution in [0.4, 0.5) is 0 Å². The molecule has 0 heterocycles. The number of nitriles is 4. The van der Waals surface area contributed by atoms with Gasteiger partial charge in [0.1, 0.15) is 11.5 Å². The molecule has 0 N–H and O–H groups in total. The molecule has 0 fully saturated rings. The summed E-state index contributed by atoms with van der Waals surface area (Å²) in [5, 5.41) is 34.9. The molecule has 61 heavy (non-hydrogen) atoms. The zero-order valence-electron chi connectivity index (χ0n) is 37.5. The van der Waals surface area contributed by atoms with Crippen LogP contribution in [-0.4, -0.2) is 167 Å². The summed E-state index contributed by atoms with van der Waals surface area (Å²) in [7, 11) is 1.66. The van der Waals surface area contributed by atoms with Gasteiger partial charge in [0, 0.05) is 112 Å². The number of ether oxygens (including phenoxy) is 8. The van der Waals surface area contributed by atoms with Crippen molar-refractivity contribution >= 4 is 0 Å². The van der Waals surface area contributed by atoms with E-state index in [1.54, 1.807) is 7.11 Å². The molecule has 15 heteroatoms. The zero-order chi connectivity index (χ0) is 43.9. The Kier molecular flexibility index (Phi) is 40.4. The molecule has 0 unspecified atom stereocenters. The molecule has 15 nitrogen and oxygen atoms in total. The van der Waals surface area contributed by atoms with Crippen LogP contribution < -0.4 is 9.47 Å². The van der Waals surface area contributed by atoms with Crippen molar-refractivity contribution in [3.05, 3.63) is 24.3 Å². The van der Waals surface area contributed by atoms with Crippen LogP contribution in [0.5, 0.6) is 11.5 Å². The first-order valence-corrected chi connectivity index (χ1v) is 22.5. The lowest BCUT2D eigenvalue weighted by molar-refractivity contribution is 0.0892. The Morgan fingerprint density at radius 3 is 0.820 bits per heavy atom. The maximum absolute atomic E-state index is 8.72. The Labute approximate surface area is 368 Å². The van der Waals surface area contributed by atoms with Crippen molar-refractivity contribution in [2.75, 3.05) is 152 Å². The molecule has 0 aliphatic carbocycles. The van der Waals surface area contributed by atoms with E-state index in [2.05, 4.69) is 39.0 Å². The molecule has 1 aromatic rings. The first-order chi connectivity index (χ1) is 30.2. The average molecular weight is 856 g/mol. The maximum Gasteiger partial charge on any atom is 0.119 e. The van der Waals surface area contributed by atoms with Gasteiger partial charge in [0.25, 0.3) is 0 Å². The highest BCUT2D eigenvalue weighted by Crippen LogP contribution is 2.17. The Morgan fingerprint density at radius 2 is 0.574 bits per heavy atom. The fraction of sp³-hybridized carbons (Fsp3) is 0.783. The number of hydrogen-bond donors (Lipinski definition) is 0. The quantitative estimate of drug-likeness (QED) is 0.0672. The Morgan fingerprint density at radius 1 is 0.344 bits per heavy atom. The van der Waals surface area contributed by atoms with Gasteiger partial charge in [-0.15, -0.1) is 0 Å². The maximum atomic E-state index is 8.72. The molecule has 0 aliphatic heterocycles. The van der Waals surface area contributed by atoms with Gasteiger partial charge in [-0.3, -0.25) is 0 Å². The van der Waals surface area contributed by atoms with Gasteiger partial charge in [0.2, 0.25) is 0 Å². The third kappa shape index (κ3) is 36.8. The topological polar surface area (TPSA) is 179 Å². The molecule has 0 saturated carbocycles. The molecule has 1 rings (SSSR count). The minimum Gasteiger partial charge on any atom is -0.497 e. The molecular weight excluding hydrogens is 779 g/mol. The molecular formula is C46H77N7O8. The van der Waals surface area contributed by atoms with Crippen LogP contribution >= 0.6 is 0 Å². The average Bonchev–Trinajstić information content (AvgIpc) is 3.28. The summed E-state index contributed by atoms with van der Waals surface area (Å²) in [5.74, 6) is 1.65. The highest BCUT2D eigenvalue weighted by molar-refractivity contribution is 5.31. The van der Waals surface area contributed by atoms with E-state index < -0.39 is 0 Å². The summed E-state index contributed by atoms with van der Waals surface area (Å²) < 4.78 is 45.7. The summed E-state index contributed by atoms with van der Waals surface area (Å²) in [6, 6.07) is 16.1. The Hall–Kier alpha value is -3.58. The van der Waals surface area contributed by atoms with Gasteiger partial charge in [0.15, 0.2) is 0 Å². The van der Waals surface area contributed by atoms with Gasteiger partial charge in [-0.25, -0.2) is 0 Å². The van der Waals surface area contributed by atoms with Crippen LogP contribution in [0.25, 0.3) is 0 Å². The van der Waals surface area contributed by atoms with Crippen molar-refractivity contribution in [1.29, 1.82) is 21.0 Å². The van der Waals surface area contributed by atoms with E-state index in [9.17, 15) is 0 Å². The van der Waals surface area contributed by atoms with Gasteiger partial charge in [-0.1, -0.05) is 0 Å². The van der Waals surface area contributed by atoms with Crippen LogP contribution in [0.15, 0.2) is 24.3 Å². The third-order valence-corrected chi connectivity index (χ3v) is 9.48. The molecule has 0 spiro atoms. The van der Waals surface area contributed by atoms with Crippen molar-refractivity contribution in [3.8, 4) is 35.8 Å². The van der Waals surface area contributed by atoms with Crippen molar-refractivity contribution < 1.29 is 37.9 Å². The number of methoxy groups -OCH3 is 1. The largest absolute Gasteiger partial charge is 0.497 e. The van der Waals surface area contributed by atoms with Gasteiger partial charge in [0.05, 0.1) is 90.1 Å². The van der Waals surface area contributed by atoms with E-state index >= 15 is 0 Å². The molecule has 344 valence electrons. The minimum absolute atomic E-state index is 0.419. The standard InChI is InChI=1S/C46H77N7O8/c1-54-45-15-17-46(18-16-45)61-44-14-31-53(29-12-42-59-40-10-27-51(23-6-36-55-32-2-19-47)24-7-37-56-33-3-20-48)30-13-43-60-41-11-28-52(25-8-38-57-34-4-21-49)26-9-39-58-35-5-22-50/h15-18H,2-14,23-44H2,1H3. The monoisotopic (exact) mass is 856 g/mol. The zero-order valence-corrected chi connectivity index (χ0v) is 37.5. The van der Waals surface area contributed by atoms with Gasteiger partial charge in [-0.2, -0.15) is 21.0 Å². The van der Waals surface area contributed by atoms with Crippen molar-refractivity contribution in [1.82, 2.24) is 14.7 Å². The summed E-state index contributed by atoms with van der Waals surface area (Å²) in [6.45, 7) is 16.4. The van der Waals surface area contributed by atoms with Crippen molar-refractivity contribution in [3.63, 3.8) is 0 Å². The summed E-state index contributed by atoms with van der Waals surface area (Å²) in [6.07, 6.45) is 10.0. The smallest absolute Gasteiger partial charge is 0.119 e. The van der Waals surface area contributed by atoms with Gasteiger partial charge in [-0.05, 0) is 82.1 Å². The van der Waals surface area contributed by atoms with Crippen LogP contribution in [0, 0.1) is 45.3 Å². The fourth-order valence-corrected chi connectivity index (χ4v) is 6.36. The fourth-order valence-electron chi connectivity index (χ4n) is 6.36. The number of nitrogens with zero attached hydrogens (tertiary/aromatic N) is 7. The lowest BCUT2D eigenvalue weighted by atomic mass is 10.3. The van der Waals surface area contributed by atoms with E-state index in [0.29, 0.717) is 112 Å². The van der Waals surface area contributed by atoms with Crippen LogP contribution in [0.1, 0.15) is 83.5 Å². The molecule has 0 saturated heterocycles. The van der Waals surface area contributed by atoms with Crippen LogP contribution in [0.3, 0.4) is 0 Å². The lowest BCUT2D eigenvalue weighted by Crippen LogP contribution is -2.30. The van der Waals surface area contributed by atoms with Crippen LogP contribution in [0.2, 0.25) is 0 Å². The van der Waals surface area contributed by atoms with Crippen molar-refractivity contribution in [2.45, 2.75) is 83.5 Å². The number of rotatable bonds is 46. The van der Waals surface area contributed by atoms with E-state index in [4.69, 9.17) is 58.9 Å². The van der Waals surface area contributed by atoms with Crippen LogP contribution in [-0.2, 0) is 28.4 Å². The summed E-state index contributed by atoms with van der Waals surface area (Å²) in [4.78, 5) is 7.34. The molecule has 0 amide bonds. The molecule has 0 radical (unpaired) electrons. The summed E-state index contributed by atoms with van der Waals surface area (Å²) >= 11 is 0. The van der Waals surface area contributed by atoms with Gasteiger partial charge >= 0.3 is 0 Å². The molecule has 1 aromatic carbocycles. The molecule has 0 bridgehead atoms.